The molecule has 3 rings (SSSR count). The summed E-state index contributed by atoms with van der Waals surface area (Å²) in [7, 11) is 0.498. The van der Waals surface area contributed by atoms with E-state index in [1.807, 2.05) is 4.90 Å². The van der Waals surface area contributed by atoms with Crippen LogP contribution in [0.4, 0.5) is 5.69 Å². The number of hydrogen-bond acceptors (Lipinski definition) is 6. The van der Waals surface area contributed by atoms with Gasteiger partial charge in [0.15, 0.2) is 0 Å². The van der Waals surface area contributed by atoms with Crippen LogP contribution in [0.1, 0.15) is 10.4 Å². The molecule has 0 aliphatic carbocycles. The number of piperazine rings is 1. The zero-order valence-electron chi connectivity index (χ0n) is 18.7. The maximum Gasteiger partial charge on any atom is 0.253 e. The molecule has 1 saturated heterocycles. The summed E-state index contributed by atoms with van der Waals surface area (Å²) in [6, 6.07) is 11.3. The molecule has 11 heteroatoms. The van der Waals surface area contributed by atoms with Gasteiger partial charge in [0.05, 0.1) is 13.7 Å². The van der Waals surface area contributed by atoms with Crippen LogP contribution in [0, 0.1) is 0 Å². The van der Waals surface area contributed by atoms with Gasteiger partial charge in [-0.25, -0.2) is 12.7 Å². The molecule has 0 bridgehead atoms. The van der Waals surface area contributed by atoms with Crippen LogP contribution in [0.5, 0.6) is 5.75 Å². The Bertz CT molecular complexity index is 1130. The van der Waals surface area contributed by atoms with Crippen LogP contribution in [0.15, 0.2) is 47.4 Å². The van der Waals surface area contributed by atoms with E-state index in [9.17, 15) is 18.0 Å². The van der Waals surface area contributed by atoms with Gasteiger partial charge in [0.2, 0.25) is 15.9 Å². The normalized spacial score (nSPS) is 14.9. The van der Waals surface area contributed by atoms with Crippen molar-refractivity contribution in [3.05, 3.63) is 53.1 Å². The number of amides is 2. The van der Waals surface area contributed by atoms with Gasteiger partial charge in [-0.2, -0.15) is 0 Å². The molecule has 9 nitrogen and oxygen atoms in total. The Balaban J connectivity index is 1.58. The number of carbonyl (C=O) groups excluding carboxylic acids is 2. The molecule has 1 fully saturated rings. The number of carbonyl (C=O) groups is 2. The molecule has 33 heavy (non-hydrogen) atoms. The monoisotopic (exact) mass is 494 g/mol. The van der Waals surface area contributed by atoms with Crippen LogP contribution in [-0.4, -0.2) is 88.3 Å². The summed E-state index contributed by atoms with van der Waals surface area (Å²) in [6.07, 6.45) is 0. The molecule has 0 atom stereocenters. The second-order valence-corrected chi connectivity index (χ2v) is 10.3. The van der Waals surface area contributed by atoms with E-state index >= 15 is 0 Å². The molecule has 0 radical (unpaired) electrons. The largest absolute Gasteiger partial charge is 0.495 e. The number of methoxy groups -OCH3 is 1. The van der Waals surface area contributed by atoms with Crippen molar-refractivity contribution in [3.63, 3.8) is 0 Å². The molecule has 0 aromatic heterocycles. The fourth-order valence-corrected chi connectivity index (χ4v) is 4.73. The smallest absolute Gasteiger partial charge is 0.253 e. The van der Waals surface area contributed by atoms with Gasteiger partial charge in [-0.15, -0.1) is 0 Å². The Morgan fingerprint density at radius 1 is 1.09 bits per heavy atom. The van der Waals surface area contributed by atoms with Crippen molar-refractivity contribution >= 4 is 39.1 Å². The average molecular weight is 495 g/mol. The van der Waals surface area contributed by atoms with E-state index in [0.29, 0.717) is 42.5 Å². The van der Waals surface area contributed by atoms with Crippen LogP contribution < -0.4 is 10.1 Å². The molecule has 1 aliphatic rings. The molecule has 178 valence electrons. The first-order chi connectivity index (χ1) is 15.6. The van der Waals surface area contributed by atoms with E-state index in [2.05, 4.69) is 5.32 Å². The van der Waals surface area contributed by atoms with Crippen LogP contribution >= 0.6 is 11.6 Å². The SMILES string of the molecule is COc1ccc(NC(=O)CN2CCN(C(=O)c3cccc(Cl)c3)CC2)cc1S(=O)(=O)N(C)C. The van der Waals surface area contributed by atoms with Gasteiger partial charge in [-0.3, -0.25) is 14.5 Å². The Morgan fingerprint density at radius 2 is 1.79 bits per heavy atom. The quantitative estimate of drug-likeness (QED) is 0.632. The summed E-state index contributed by atoms with van der Waals surface area (Å²) in [5.74, 6) is -0.167. The van der Waals surface area contributed by atoms with E-state index in [1.54, 1.807) is 35.2 Å². The Labute approximate surface area is 198 Å². The standard InChI is InChI=1S/C22H27ClN4O5S/c1-25(2)33(30,31)20-14-18(7-8-19(20)32-3)24-21(28)15-26-9-11-27(12-10-26)22(29)16-5-4-6-17(23)13-16/h4-8,13-14H,9-12,15H2,1-3H3,(H,24,28). The van der Waals surface area contributed by atoms with Crippen molar-refractivity contribution < 1.29 is 22.7 Å². The third-order valence-corrected chi connectivity index (χ3v) is 7.38. The molecule has 0 spiro atoms. The summed E-state index contributed by atoms with van der Waals surface area (Å²) in [4.78, 5) is 28.9. The molecule has 1 N–H and O–H groups in total. The molecule has 2 amide bonds. The van der Waals surface area contributed by atoms with Gasteiger partial charge in [-0.05, 0) is 36.4 Å². The van der Waals surface area contributed by atoms with Crippen molar-refractivity contribution in [1.82, 2.24) is 14.1 Å². The Kier molecular flexibility index (Phi) is 7.96. The van der Waals surface area contributed by atoms with Crippen LogP contribution in [-0.2, 0) is 14.8 Å². The Morgan fingerprint density at radius 3 is 2.39 bits per heavy atom. The number of ether oxygens (including phenoxy) is 1. The summed E-state index contributed by atoms with van der Waals surface area (Å²) in [5.41, 5.74) is 0.896. The predicted molar refractivity (Wildman–Crippen MR) is 126 cm³/mol. The number of nitrogens with one attached hydrogen (secondary N) is 1. The number of hydrogen-bond donors (Lipinski definition) is 1. The number of benzene rings is 2. The molecular formula is C22H27ClN4O5S. The third kappa shape index (κ3) is 6.02. The highest BCUT2D eigenvalue weighted by atomic mass is 35.5. The highest BCUT2D eigenvalue weighted by molar-refractivity contribution is 7.89. The van der Waals surface area contributed by atoms with Crippen molar-refractivity contribution in [3.8, 4) is 5.75 Å². The van der Waals surface area contributed by atoms with E-state index in [0.717, 1.165) is 4.31 Å². The number of rotatable bonds is 7. The minimum atomic E-state index is -3.74. The molecule has 0 saturated carbocycles. The zero-order valence-corrected chi connectivity index (χ0v) is 20.3. The van der Waals surface area contributed by atoms with Crippen LogP contribution in [0.3, 0.4) is 0 Å². The highest BCUT2D eigenvalue weighted by Crippen LogP contribution is 2.28. The van der Waals surface area contributed by atoms with Crippen molar-refractivity contribution in [1.29, 1.82) is 0 Å². The number of anilines is 1. The van der Waals surface area contributed by atoms with Gasteiger partial charge in [0.25, 0.3) is 5.91 Å². The van der Waals surface area contributed by atoms with E-state index < -0.39 is 10.0 Å². The summed E-state index contributed by atoms with van der Waals surface area (Å²) in [5, 5.41) is 3.25. The summed E-state index contributed by atoms with van der Waals surface area (Å²) in [6.45, 7) is 2.20. The first kappa shape index (κ1) is 25.0. The van der Waals surface area contributed by atoms with Gasteiger partial charge in [-0.1, -0.05) is 17.7 Å². The number of nitrogens with zero attached hydrogens (tertiary/aromatic N) is 3. The Hall–Kier alpha value is -2.66. The van der Waals surface area contributed by atoms with Crippen molar-refractivity contribution in [2.24, 2.45) is 0 Å². The first-order valence-electron chi connectivity index (χ1n) is 10.3. The molecule has 2 aromatic carbocycles. The van der Waals surface area contributed by atoms with Crippen LogP contribution in [0.25, 0.3) is 0 Å². The van der Waals surface area contributed by atoms with Gasteiger partial charge in [0.1, 0.15) is 10.6 Å². The van der Waals surface area contributed by atoms with E-state index in [1.165, 1.54) is 33.3 Å². The van der Waals surface area contributed by atoms with Crippen molar-refractivity contribution in [2.45, 2.75) is 4.90 Å². The lowest BCUT2D eigenvalue weighted by molar-refractivity contribution is -0.117. The van der Waals surface area contributed by atoms with Gasteiger partial charge < -0.3 is 15.0 Å². The maximum absolute atomic E-state index is 12.6. The predicted octanol–water partition coefficient (Wildman–Crippen LogP) is 2.00. The molecule has 2 aromatic rings. The van der Waals surface area contributed by atoms with E-state index in [-0.39, 0.29) is 29.0 Å². The average Bonchev–Trinajstić information content (AvgIpc) is 2.79. The molecule has 1 heterocycles. The van der Waals surface area contributed by atoms with Crippen molar-refractivity contribution in [2.75, 3.05) is 59.2 Å². The maximum atomic E-state index is 12.6. The fourth-order valence-electron chi connectivity index (χ4n) is 3.47. The summed E-state index contributed by atoms with van der Waals surface area (Å²) >= 11 is 5.98. The second kappa shape index (κ2) is 10.5. The minimum absolute atomic E-state index is 0.0269. The lowest BCUT2D eigenvalue weighted by Gasteiger charge is -2.34. The zero-order chi connectivity index (χ0) is 24.2. The lowest BCUT2D eigenvalue weighted by Crippen LogP contribution is -2.50. The van der Waals surface area contributed by atoms with E-state index in [4.69, 9.17) is 16.3 Å². The van der Waals surface area contributed by atoms with Gasteiger partial charge >= 0.3 is 0 Å². The minimum Gasteiger partial charge on any atom is -0.495 e. The molecule has 0 unspecified atom stereocenters. The van der Waals surface area contributed by atoms with Gasteiger partial charge in [0, 0.05) is 56.5 Å². The third-order valence-electron chi connectivity index (χ3n) is 5.30. The number of sulfonamides is 1. The first-order valence-corrected chi connectivity index (χ1v) is 12.1. The lowest BCUT2D eigenvalue weighted by atomic mass is 10.2. The highest BCUT2D eigenvalue weighted by Gasteiger charge is 2.25. The molecule has 1 aliphatic heterocycles. The second-order valence-electron chi connectivity index (χ2n) is 7.78. The van der Waals surface area contributed by atoms with Crippen LogP contribution in [0.2, 0.25) is 5.02 Å². The molecular weight excluding hydrogens is 468 g/mol. The topological polar surface area (TPSA) is 99.3 Å². The summed E-state index contributed by atoms with van der Waals surface area (Å²) < 4.78 is 31.4. The number of halogens is 1. The fraction of sp³-hybridized carbons (Fsp3) is 0.364.